The van der Waals surface area contributed by atoms with Gasteiger partial charge in [0.05, 0.1) is 13.0 Å². The molecular weight excluding hydrogens is 406 g/mol. The summed E-state index contributed by atoms with van der Waals surface area (Å²) in [6, 6.07) is 4.67. The van der Waals surface area contributed by atoms with Gasteiger partial charge in [-0.1, -0.05) is 30.3 Å². The normalized spacial score (nSPS) is 18.2. The Labute approximate surface area is 166 Å². The van der Waals surface area contributed by atoms with Crippen LogP contribution < -0.4 is 21.7 Å². The van der Waals surface area contributed by atoms with Crippen molar-refractivity contribution < 1.29 is 32.1 Å². The molecule has 0 aromatic heterocycles. The minimum Gasteiger partial charge on any atom is -0.359 e. The molecule has 1 aliphatic heterocycles. The fraction of sp³-hybridized carbons (Fsp3) is 0.375. The van der Waals surface area contributed by atoms with Gasteiger partial charge in [0.25, 0.3) is 5.91 Å². The van der Waals surface area contributed by atoms with Gasteiger partial charge in [0, 0.05) is 7.05 Å². The van der Waals surface area contributed by atoms with E-state index in [1.54, 1.807) is 30.3 Å². The van der Waals surface area contributed by atoms with E-state index in [1.807, 2.05) is 0 Å². The first-order valence-corrected chi connectivity index (χ1v) is 9.85. The third-order valence-corrected chi connectivity index (χ3v) is 5.12. The molecule has 0 aliphatic carbocycles. The van der Waals surface area contributed by atoms with E-state index < -0.39 is 65.0 Å². The van der Waals surface area contributed by atoms with Crippen molar-refractivity contribution in [1.29, 1.82) is 0 Å². The van der Waals surface area contributed by atoms with Gasteiger partial charge in [-0.05, 0) is 5.56 Å². The van der Waals surface area contributed by atoms with Crippen molar-refractivity contribution in [2.75, 3.05) is 13.6 Å². The third-order valence-electron chi connectivity index (χ3n) is 4.23. The van der Waals surface area contributed by atoms with E-state index in [1.165, 1.54) is 7.05 Å². The summed E-state index contributed by atoms with van der Waals surface area (Å²) in [5.41, 5.74) is 6.37. The predicted octanol–water partition coefficient (Wildman–Crippen LogP) is -2.56. The van der Waals surface area contributed by atoms with Crippen molar-refractivity contribution in [2.45, 2.75) is 24.5 Å². The first kappa shape index (κ1) is 22.3. The topological polar surface area (TPSA) is 188 Å². The summed E-state index contributed by atoms with van der Waals surface area (Å²) in [6.45, 7) is -0.465. The Hall–Kier alpha value is -3.03. The van der Waals surface area contributed by atoms with Gasteiger partial charge in [-0.3, -0.25) is 23.7 Å². The monoisotopic (exact) mass is 427 g/mol. The highest BCUT2D eigenvalue weighted by Gasteiger charge is 2.45. The number of carbonyl (C=O) groups excluding carboxylic acids is 4. The van der Waals surface area contributed by atoms with E-state index in [0.29, 0.717) is 5.56 Å². The van der Waals surface area contributed by atoms with E-state index in [9.17, 15) is 27.6 Å². The quantitative estimate of drug-likeness (QED) is 0.221. The van der Waals surface area contributed by atoms with Crippen molar-refractivity contribution in [3.63, 3.8) is 0 Å². The number of benzene rings is 1. The zero-order valence-electron chi connectivity index (χ0n) is 15.4. The average Bonchev–Trinajstić information content (AvgIpc) is 2.68. The maximum absolute atomic E-state index is 12.5. The van der Waals surface area contributed by atoms with Gasteiger partial charge >= 0.3 is 10.3 Å². The third kappa shape index (κ3) is 5.49. The van der Waals surface area contributed by atoms with Gasteiger partial charge in [-0.25, -0.2) is 4.31 Å². The minimum atomic E-state index is -4.71. The molecule has 13 heteroatoms. The Morgan fingerprint density at radius 2 is 1.86 bits per heavy atom. The van der Waals surface area contributed by atoms with Crippen LogP contribution in [0.2, 0.25) is 0 Å². The Balaban J connectivity index is 2.05. The molecule has 1 aromatic rings. The largest absolute Gasteiger partial charge is 0.362 e. The number of hydrogen-bond donors (Lipinski definition) is 5. The van der Waals surface area contributed by atoms with Crippen molar-refractivity contribution in [1.82, 2.24) is 20.3 Å². The van der Waals surface area contributed by atoms with Crippen molar-refractivity contribution in [3.8, 4) is 0 Å². The second-order valence-corrected chi connectivity index (χ2v) is 7.57. The van der Waals surface area contributed by atoms with Crippen molar-refractivity contribution in [2.24, 2.45) is 5.73 Å². The van der Waals surface area contributed by atoms with Crippen LogP contribution >= 0.6 is 0 Å². The first-order chi connectivity index (χ1) is 13.5. The molecular formula is C16H21N5O7S. The fourth-order valence-corrected chi connectivity index (χ4v) is 3.24. The summed E-state index contributed by atoms with van der Waals surface area (Å²) in [4.78, 5) is 48.3. The molecule has 1 aliphatic rings. The zero-order chi connectivity index (χ0) is 21.8. The minimum absolute atomic E-state index is 0.176. The van der Waals surface area contributed by atoms with Gasteiger partial charge in [0.1, 0.15) is 18.1 Å². The number of rotatable bonds is 8. The van der Waals surface area contributed by atoms with E-state index in [0.717, 1.165) is 0 Å². The van der Waals surface area contributed by atoms with Crippen LogP contribution in [-0.4, -0.2) is 66.6 Å². The van der Waals surface area contributed by atoms with Crippen LogP contribution in [0.1, 0.15) is 18.0 Å². The van der Waals surface area contributed by atoms with Crippen LogP contribution in [0.4, 0.5) is 0 Å². The lowest BCUT2D eigenvalue weighted by molar-refractivity contribution is -0.141. The SMILES string of the molecule is CNC(=O)CC(NC(=O)C(N)c1ccccc1)C(=O)NC1CN(S(=O)(=O)O)C1=O. The lowest BCUT2D eigenvalue weighted by atomic mass is 10.1. The molecule has 0 radical (unpaired) electrons. The first-order valence-electron chi connectivity index (χ1n) is 8.45. The van der Waals surface area contributed by atoms with E-state index in [2.05, 4.69) is 16.0 Å². The van der Waals surface area contributed by atoms with Crippen LogP contribution in [0.25, 0.3) is 0 Å². The average molecular weight is 427 g/mol. The zero-order valence-corrected chi connectivity index (χ0v) is 16.2. The maximum atomic E-state index is 12.5. The molecule has 1 aromatic carbocycles. The van der Waals surface area contributed by atoms with Crippen molar-refractivity contribution in [3.05, 3.63) is 35.9 Å². The lowest BCUT2D eigenvalue weighted by Crippen LogP contribution is -2.67. The molecule has 0 saturated carbocycles. The van der Waals surface area contributed by atoms with Gasteiger partial charge in [-0.2, -0.15) is 8.42 Å². The molecule has 1 heterocycles. The van der Waals surface area contributed by atoms with Gasteiger partial charge in [0.2, 0.25) is 17.7 Å². The number of nitrogens with zero attached hydrogens (tertiary/aromatic N) is 1. The predicted molar refractivity (Wildman–Crippen MR) is 99.2 cm³/mol. The van der Waals surface area contributed by atoms with Crippen LogP contribution in [-0.2, 0) is 29.5 Å². The van der Waals surface area contributed by atoms with Crippen LogP contribution in [0.3, 0.4) is 0 Å². The summed E-state index contributed by atoms with van der Waals surface area (Å²) in [7, 11) is -3.36. The lowest BCUT2D eigenvalue weighted by Gasteiger charge is -2.36. The Morgan fingerprint density at radius 1 is 1.24 bits per heavy atom. The van der Waals surface area contributed by atoms with Gasteiger partial charge < -0.3 is 21.7 Å². The van der Waals surface area contributed by atoms with Crippen LogP contribution in [0, 0.1) is 0 Å². The summed E-state index contributed by atoms with van der Waals surface area (Å²) in [6.07, 6.45) is -0.432. The molecule has 4 amide bonds. The second kappa shape index (κ2) is 8.98. The molecule has 1 saturated heterocycles. The van der Waals surface area contributed by atoms with E-state index >= 15 is 0 Å². The van der Waals surface area contributed by atoms with Gasteiger partial charge in [-0.15, -0.1) is 0 Å². The Kier molecular flexibility index (Phi) is 6.89. The Morgan fingerprint density at radius 3 is 2.38 bits per heavy atom. The smallest absolute Gasteiger partial charge is 0.359 e. The molecule has 6 N–H and O–H groups in total. The number of hydrogen-bond acceptors (Lipinski definition) is 7. The number of nitrogens with two attached hydrogens (primary N) is 1. The molecule has 3 unspecified atom stereocenters. The highest BCUT2D eigenvalue weighted by atomic mass is 32.2. The number of β-lactam (4-membered cyclic amide) rings is 1. The maximum Gasteiger partial charge on any atom is 0.362 e. The summed E-state index contributed by atoms with van der Waals surface area (Å²) < 4.78 is 30.9. The molecule has 29 heavy (non-hydrogen) atoms. The summed E-state index contributed by atoms with van der Waals surface area (Å²) >= 11 is 0. The summed E-state index contributed by atoms with van der Waals surface area (Å²) in [5.74, 6) is -3.19. The molecule has 3 atom stereocenters. The highest BCUT2D eigenvalue weighted by Crippen LogP contribution is 2.15. The van der Waals surface area contributed by atoms with Crippen molar-refractivity contribution >= 4 is 33.9 Å². The molecule has 158 valence electrons. The fourth-order valence-electron chi connectivity index (χ4n) is 2.55. The highest BCUT2D eigenvalue weighted by molar-refractivity contribution is 7.84. The Bertz CT molecular complexity index is 905. The number of nitrogens with one attached hydrogen (secondary N) is 3. The molecule has 2 rings (SSSR count). The molecule has 1 fully saturated rings. The second-order valence-electron chi connectivity index (χ2n) is 6.24. The van der Waals surface area contributed by atoms with Gasteiger partial charge in [0.15, 0.2) is 0 Å². The van der Waals surface area contributed by atoms with E-state index in [4.69, 9.17) is 10.3 Å². The number of carbonyl (C=O) groups is 4. The number of amides is 4. The van der Waals surface area contributed by atoms with E-state index in [-0.39, 0.29) is 4.31 Å². The molecule has 0 bridgehead atoms. The molecule has 0 spiro atoms. The van der Waals surface area contributed by atoms with Crippen LogP contribution in [0.5, 0.6) is 0 Å². The standard InChI is InChI=1S/C16H21N5O7S/c1-18-12(22)7-10(19-15(24)13(17)9-5-3-2-4-6-9)14(23)20-11-8-21(16(11)25)29(26,27)28/h2-6,10-11,13H,7-8,17H2,1H3,(H,18,22)(H,19,24)(H,20,23)(H,26,27,28). The van der Waals surface area contributed by atoms with Crippen LogP contribution in [0.15, 0.2) is 30.3 Å². The molecule has 12 nitrogen and oxygen atoms in total. The summed E-state index contributed by atoms with van der Waals surface area (Å²) in [5, 5.41) is 6.91.